The topological polar surface area (TPSA) is 60.5 Å². The summed E-state index contributed by atoms with van der Waals surface area (Å²) in [7, 11) is 3.11. The van der Waals surface area contributed by atoms with Crippen LogP contribution in [-0.2, 0) is 6.42 Å². The first-order chi connectivity index (χ1) is 11.1. The van der Waals surface area contributed by atoms with E-state index < -0.39 is 0 Å². The van der Waals surface area contributed by atoms with Crippen LogP contribution in [-0.4, -0.2) is 25.1 Å². The molecular weight excluding hydrogens is 292 g/mol. The fourth-order valence-electron chi connectivity index (χ4n) is 2.28. The van der Waals surface area contributed by atoms with Gasteiger partial charge >= 0.3 is 0 Å². The van der Waals surface area contributed by atoms with Crippen LogP contribution in [0.3, 0.4) is 0 Å². The molecule has 0 bridgehead atoms. The van der Waals surface area contributed by atoms with Crippen LogP contribution < -0.4 is 14.8 Å². The van der Waals surface area contributed by atoms with Crippen LogP contribution >= 0.6 is 0 Å². The number of aryl methyl sites for hydroxylation is 1. The number of pyridine rings is 1. The summed E-state index contributed by atoms with van der Waals surface area (Å²) in [5.41, 5.74) is 2.15. The van der Waals surface area contributed by atoms with Gasteiger partial charge in [-0.25, -0.2) is 4.98 Å². The summed E-state index contributed by atoms with van der Waals surface area (Å²) >= 11 is 0. The lowest BCUT2D eigenvalue weighted by atomic mass is 10.0. The smallest absolute Gasteiger partial charge is 0.256 e. The molecule has 0 unspecified atom stereocenters. The first-order valence-electron chi connectivity index (χ1n) is 7.19. The molecule has 1 aromatic heterocycles. The van der Waals surface area contributed by atoms with Crippen molar-refractivity contribution < 1.29 is 14.3 Å². The zero-order valence-electron chi connectivity index (χ0n) is 13.6. The van der Waals surface area contributed by atoms with E-state index in [0.29, 0.717) is 29.3 Å². The van der Waals surface area contributed by atoms with E-state index in [9.17, 15) is 4.79 Å². The summed E-state index contributed by atoms with van der Waals surface area (Å²) in [6, 6.07) is 8.88. The van der Waals surface area contributed by atoms with Crippen molar-refractivity contribution in [1.82, 2.24) is 4.98 Å². The molecule has 0 aliphatic heterocycles. The number of anilines is 1. The van der Waals surface area contributed by atoms with Gasteiger partial charge in [-0.3, -0.25) is 4.79 Å². The largest absolute Gasteiger partial charge is 0.493 e. The van der Waals surface area contributed by atoms with Gasteiger partial charge in [0.1, 0.15) is 5.82 Å². The fourth-order valence-corrected chi connectivity index (χ4v) is 2.28. The maximum absolute atomic E-state index is 12.5. The second-order valence-electron chi connectivity index (χ2n) is 4.98. The van der Waals surface area contributed by atoms with Crippen molar-refractivity contribution in [1.29, 1.82) is 0 Å². The Morgan fingerprint density at radius 3 is 2.70 bits per heavy atom. The molecule has 1 N–H and O–H groups in total. The summed E-state index contributed by atoms with van der Waals surface area (Å²) in [5, 5.41) is 2.78. The summed E-state index contributed by atoms with van der Waals surface area (Å²) in [6.45, 7) is 5.60. The maximum atomic E-state index is 12.5. The van der Waals surface area contributed by atoms with Crippen molar-refractivity contribution >= 4 is 11.7 Å². The number of allylic oxidation sites excluding steroid dienone is 1. The zero-order valence-corrected chi connectivity index (χ0v) is 13.6. The van der Waals surface area contributed by atoms with Crippen LogP contribution in [0.5, 0.6) is 11.5 Å². The van der Waals surface area contributed by atoms with Crippen molar-refractivity contribution in [2.75, 3.05) is 19.5 Å². The number of amides is 1. The van der Waals surface area contributed by atoms with E-state index in [1.54, 1.807) is 38.5 Å². The highest BCUT2D eigenvalue weighted by Gasteiger charge is 2.16. The summed E-state index contributed by atoms with van der Waals surface area (Å²) in [5.74, 6) is 1.37. The third-order valence-electron chi connectivity index (χ3n) is 3.31. The van der Waals surface area contributed by atoms with Crippen LogP contribution in [0.2, 0.25) is 0 Å². The second-order valence-corrected chi connectivity index (χ2v) is 4.98. The van der Waals surface area contributed by atoms with Crippen molar-refractivity contribution in [2.24, 2.45) is 0 Å². The molecule has 0 aliphatic carbocycles. The Kier molecular flexibility index (Phi) is 5.36. The van der Waals surface area contributed by atoms with Gasteiger partial charge in [0, 0.05) is 16.8 Å². The number of ether oxygens (including phenoxy) is 2. The number of aromatic nitrogens is 1. The van der Waals surface area contributed by atoms with Gasteiger partial charge in [-0.15, -0.1) is 6.58 Å². The highest BCUT2D eigenvalue weighted by atomic mass is 16.5. The van der Waals surface area contributed by atoms with E-state index in [0.717, 1.165) is 11.3 Å². The first kappa shape index (κ1) is 16.5. The highest BCUT2D eigenvalue weighted by molar-refractivity contribution is 6.04. The normalized spacial score (nSPS) is 10.0. The van der Waals surface area contributed by atoms with Gasteiger partial charge < -0.3 is 14.8 Å². The van der Waals surface area contributed by atoms with E-state index >= 15 is 0 Å². The van der Waals surface area contributed by atoms with E-state index in [1.807, 2.05) is 19.1 Å². The third kappa shape index (κ3) is 3.88. The number of methoxy groups -OCH3 is 2. The SMILES string of the molecule is C=CCc1cc(C(=O)Nc2cccc(C)n2)cc(OC)c1OC. The average molecular weight is 312 g/mol. The van der Waals surface area contributed by atoms with E-state index in [4.69, 9.17) is 9.47 Å². The lowest BCUT2D eigenvalue weighted by Crippen LogP contribution is -2.14. The van der Waals surface area contributed by atoms with Crippen molar-refractivity contribution in [3.05, 3.63) is 59.8 Å². The number of hydrogen-bond acceptors (Lipinski definition) is 4. The van der Waals surface area contributed by atoms with Crippen LogP contribution in [0, 0.1) is 6.92 Å². The fraction of sp³-hybridized carbons (Fsp3) is 0.222. The molecule has 2 rings (SSSR count). The van der Waals surface area contributed by atoms with Gasteiger partial charge in [-0.05, 0) is 37.6 Å². The predicted octanol–water partition coefficient (Wildman–Crippen LogP) is 3.39. The molecule has 1 heterocycles. The lowest BCUT2D eigenvalue weighted by molar-refractivity contribution is 0.102. The minimum Gasteiger partial charge on any atom is -0.493 e. The molecule has 0 fully saturated rings. The molecule has 0 radical (unpaired) electrons. The van der Waals surface area contributed by atoms with Crippen molar-refractivity contribution in [3.63, 3.8) is 0 Å². The average Bonchev–Trinajstić information content (AvgIpc) is 2.54. The Balaban J connectivity index is 2.36. The quantitative estimate of drug-likeness (QED) is 0.831. The molecule has 1 amide bonds. The maximum Gasteiger partial charge on any atom is 0.256 e. The molecule has 1 aromatic carbocycles. The van der Waals surface area contributed by atoms with Crippen LogP contribution in [0.25, 0.3) is 0 Å². The van der Waals surface area contributed by atoms with Gasteiger partial charge in [-0.1, -0.05) is 12.1 Å². The molecule has 0 saturated carbocycles. The molecule has 0 atom stereocenters. The standard InChI is InChI=1S/C18H20N2O3/c1-5-7-13-10-14(11-15(22-3)17(13)23-4)18(21)20-16-9-6-8-12(2)19-16/h5-6,8-11H,1,7H2,2-4H3,(H,19,20,21). The molecule has 0 spiro atoms. The van der Waals surface area contributed by atoms with E-state index in [1.165, 1.54) is 0 Å². The minimum absolute atomic E-state index is 0.255. The zero-order chi connectivity index (χ0) is 16.8. The highest BCUT2D eigenvalue weighted by Crippen LogP contribution is 2.33. The number of benzene rings is 1. The Labute approximate surface area is 136 Å². The van der Waals surface area contributed by atoms with Gasteiger partial charge in [0.15, 0.2) is 11.5 Å². The van der Waals surface area contributed by atoms with E-state index in [-0.39, 0.29) is 5.91 Å². The number of nitrogens with one attached hydrogen (secondary N) is 1. The Hall–Kier alpha value is -2.82. The van der Waals surface area contributed by atoms with Gasteiger partial charge in [0.25, 0.3) is 5.91 Å². The molecular formula is C18H20N2O3. The molecule has 5 nitrogen and oxygen atoms in total. The third-order valence-corrected chi connectivity index (χ3v) is 3.31. The van der Waals surface area contributed by atoms with Gasteiger partial charge in [0.05, 0.1) is 14.2 Å². The number of nitrogens with zero attached hydrogens (tertiary/aromatic N) is 1. The molecule has 0 saturated heterocycles. The molecule has 23 heavy (non-hydrogen) atoms. The summed E-state index contributed by atoms with van der Waals surface area (Å²) in [6.07, 6.45) is 2.32. The summed E-state index contributed by atoms with van der Waals surface area (Å²) < 4.78 is 10.7. The second kappa shape index (κ2) is 7.45. The molecule has 5 heteroatoms. The van der Waals surface area contributed by atoms with Crippen molar-refractivity contribution in [2.45, 2.75) is 13.3 Å². The van der Waals surface area contributed by atoms with Crippen LogP contribution in [0.15, 0.2) is 43.0 Å². The van der Waals surface area contributed by atoms with Crippen LogP contribution in [0.4, 0.5) is 5.82 Å². The minimum atomic E-state index is -0.255. The van der Waals surface area contributed by atoms with Crippen molar-refractivity contribution in [3.8, 4) is 11.5 Å². The van der Waals surface area contributed by atoms with Gasteiger partial charge in [-0.2, -0.15) is 0 Å². The monoisotopic (exact) mass is 312 g/mol. The number of carbonyl (C=O) groups is 1. The molecule has 0 aliphatic rings. The molecule has 120 valence electrons. The Bertz CT molecular complexity index is 726. The lowest BCUT2D eigenvalue weighted by Gasteiger charge is -2.14. The van der Waals surface area contributed by atoms with Crippen LogP contribution in [0.1, 0.15) is 21.6 Å². The van der Waals surface area contributed by atoms with Gasteiger partial charge in [0.2, 0.25) is 0 Å². The Morgan fingerprint density at radius 1 is 1.30 bits per heavy atom. The summed E-state index contributed by atoms with van der Waals surface area (Å²) in [4.78, 5) is 16.7. The van der Waals surface area contributed by atoms with E-state index in [2.05, 4.69) is 16.9 Å². The molecule has 2 aromatic rings. The number of rotatable bonds is 6. The Morgan fingerprint density at radius 2 is 2.09 bits per heavy atom. The number of hydrogen-bond donors (Lipinski definition) is 1. The number of carbonyl (C=O) groups excluding carboxylic acids is 1. The predicted molar refractivity (Wildman–Crippen MR) is 90.4 cm³/mol. The first-order valence-corrected chi connectivity index (χ1v) is 7.19.